The first-order valence-electron chi connectivity index (χ1n) is 5.40. The van der Waals surface area contributed by atoms with Crippen molar-refractivity contribution in [2.75, 3.05) is 0 Å². The maximum Gasteiger partial charge on any atom is 0.338 e. The summed E-state index contributed by atoms with van der Waals surface area (Å²) in [5.41, 5.74) is 0.430. The molecule has 0 aliphatic heterocycles. The highest BCUT2D eigenvalue weighted by Crippen LogP contribution is 2.18. The molecule has 90 valence electrons. The van der Waals surface area contributed by atoms with Gasteiger partial charge >= 0.3 is 5.97 Å². The van der Waals surface area contributed by atoms with Crippen molar-refractivity contribution in [2.24, 2.45) is 4.99 Å². The van der Waals surface area contributed by atoms with E-state index in [9.17, 15) is 9.59 Å². The lowest BCUT2D eigenvalue weighted by Gasteiger charge is -2.23. The van der Waals surface area contributed by atoms with Gasteiger partial charge in [-0.1, -0.05) is 6.92 Å². The number of esters is 1. The van der Waals surface area contributed by atoms with Crippen molar-refractivity contribution in [3.63, 3.8) is 0 Å². The van der Waals surface area contributed by atoms with Gasteiger partial charge in [0.2, 0.25) is 6.08 Å². The summed E-state index contributed by atoms with van der Waals surface area (Å²) in [7, 11) is 0. The Hall–Kier alpha value is -1.93. The number of aliphatic imine (C=N–C) groups is 1. The summed E-state index contributed by atoms with van der Waals surface area (Å²) >= 11 is 0. The second-order valence-electron chi connectivity index (χ2n) is 4.25. The lowest BCUT2D eigenvalue weighted by Crippen LogP contribution is -2.26. The third kappa shape index (κ3) is 3.85. The van der Waals surface area contributed by atoms with Crippen LogP contribution >= 0.6 is 0 Å². The molecule has 0 saturated heterocycles. The lowest BCUT2D eigenvalue weighted by atomic mass is 10.1. The van der Waals surface area contributed by atoms with Crippen LogP contribution in [-0.4, -0.2) is 17.7 Å². The first kappa shape index (κ1) is 13.1. The van der Waals surface area contributed by atoms with Gasteiger partial charge in [0, 0.05) is 0 Å². The monoisotopic (exact) mass is 233 g/mol. The first-order chi connectivity index (χ1) is 7.98. The maximum absolute atomic E-state index is 11.8. The highest BCUT2D eigenvalue weighted by molar-refractivity contribution is 5.90. The largest absolute Gasteiger partial charge is 0.456 e. The zero-order chi connectivity index (χ0) is 12.9. The van der Waals surface area contributed by atoms with Gasteiger partial charge < -0.3 is 4.74 Å². The number of carbonyl (C=O) groups is 1. The number of carbonyl (C=O) groups excluding carboxylic acids is 2. The molecular formula is C13H15NO3. The van der Waals surface area contributed by atoms with Gasteiger partial charge in [-0.05, 0) is 44.5 Å². The number of benzene rings is 1. The Morgan fingerprint density at radius 1 is 1.35 bits per heavy atom. The summed E-state index contributed by atoms with van der Waals surface area (Å²) in [6, 6.07) is 6.29. The van der Waals surface area contributed by atoms with E-state index >= 15 is 0 Å². The topological polar surface area (TPSA) is 55.7 Å². The van der Waals surface area contributed by atoms with Crippen LogP contribution in [0.15, 0.2) is 29.3 Å². The van der Waals surface area contributed by atoms with Gasteiger partial charge in [0.15, 0.2) is 0 Å². The Morgan fingerprint density at radius 2 is 1.94 bits per heavy atom. The number of isocyanates is 1. The van der Waals surface area contributed by atoms with Crippen molar-refractivity contribution in [3.8, 4) is 0 Å². The molecule has 0 fully saturated rings. The van der Waals surface area contributed by atoms with Crippen molar-refractivity contribution in [2.45, 2.75) is 32.8 Å². The molecule has 0 aromatic heterocycles. The molecule has 0 aliphatic rings. The van der Waals surface area contributed by atoms with E-state index in [0.717, 1.165) is 6.42 Å². The third-order valence-electron chi connectivity index (χ3n) is 2.50. The molecule has 4 heteroatoms. The number of ether oxygens (including phenoxy) is 1. The molecular weight excluding hydrogens is 218 g/mol. The quantitative estimate of drug-likeness (QED) is 0.456. The van der Waals surface area contributed by atoms with E-state index < -0.39 is 5.60 Å². The second kappa shape index (κ2) is 5.41. The summed E-state index contributed by atoms with van der Waals surface area (Å²) in [5.74, 6) is -0.376. The molecule has 17 heavy (non-hydrogen) atoms. The van der Waals surface area contributed by atoms with E-state index in [4.69, 9.17) is 4.74 Å². The van der Waals surface area contributed by atoms with Crippen LogP contribution in [-0.2, 0) is 9.53 Å². The van der Waals surface area contributed by atoms with E-state index in [1.54, 1.807) is 24.3 Å². The molecule has 4 nitrogen and oxygen atoms in total. The van der Waals surface area contributed by atoms with Crippen LogP contribution in [0, 0.1) is 0 Å². The SMILES string of the molecule is CCC(C)(C)OC(=O)c1ccc(N=C=O)cc1. The molecule has 0 saturated carbocycles. The minimum atomic E-state index is -0.475. The Labute approximate surface area is 100 Å². The maximum atomic E-state index is 11.8. The van der Waals surface area contributed by atoms with Crippen molar-refractivity contribution in [3.05, 3.63) is 29.8 Å². The molecule has 0 bridgehead atoms. The van der Waals surface area contributed by atoms with Gasteiger partial charge in [0.1, 0.15) is 5.60 Å². The molecule has 0 atom stereocenters. The molecule has 0 aliphatic carbocycles. The second-order valence-corrected chi connectivity index (χ2v) is 4.25. The minimum Gasteiger partial charge on any atom is -0.456 e. The standard InChI is InChI=1S/C13H15NO3/c1-4-13(2,3)17-12(16)10-5-7-11(8-6-10)14-9-15/h5-8H,4H2,1-3H3. The molecule has 1 aromatic carbocycles. The summed E-state index contributed by atoms with van der Waals surface area (Å²) in [6.45, 7) is 5.67. The predicted octanol–water partition coefficient (Wildman–Crippen LogP) is 3.00. The number of hydrogen-bond acceptors (Lipinski definition) is 4. The fraction of sp³-hybridized carbons (Fsp3) is 0.385. The van der Waals surface area contributed by atoms with Crippen LogP contribution in [0.2, 0.25) is 0 Å². The predicted molar refractivity (Wildman–Crippen MR) is 64.0 cm³/mol. The van der Waals surface area contributed by atoms with E-state index in [1.165, 1.54) is 6.08 Å². The van der Waals surface area contributed by atoms with E-state index in [1.807, 2.05) is 20.8 Å². The number of hydrogen-bond donors (Lipinski definition) is 0. The number of nitrogens with zero attached hydrogens (tertiary/aromatic N) is 1. The third-order valence-corrected chi connectivity index (χ3v) is 2.50. The van der Waals surface area contributed by atoms with Gasteiger partial charge in [-0.15, -0.1) is 0 Å². The number of rotatable bonds is 4. The Bertz CT molecular complexity index is 442. The average molecular weight is 233 g/mol. The fourth-order valence-corrected chi connectivity index (χ4v) is 1.11. The first-order valence-corrected chi connectivity index (χ1v) is 5.40. The molecule has 0 N–H and O–H groups in total. The van der Waals surface area contributed by atoms with Crippen molar-refractivity contribution >= 4 is 17.7 Å². The fourth-order valence-electron chi connectivity index (χ4n) is 1.11. The van der Waals surface area contributed by atoms with E-state index in [0.29, 0.717) is 11.3 Å². The van der Waals surface area contributed by atoms with Gasteiger partial charge in [0.05, 0.1) is 11.3 Å². The highest BCUT2D eigenvalue weighted by atomic mass is 16.6. The molecule has 0 spiro atoms. The van der Waals surface area contributed by atoms with Crippen LogP contribution in [0.4, 0.5) is 5.69 Å². The van der Waals surface area contributed by atoms with Crippen LogP contribution in [0.1, 0.15) is 37.6 Å². The van der Waals surface area contributed by atoms with Crippen LogP contribution in [0.25, 0.3) is 0 Å². The van der Waals surface area contributed by atoms with Gasteiger partial charge in [-0.3, -0.25) is 0 Å². The van der Waals surface area contributed by atoms with Crippen LogP contribution in [0.3, 0.4) is 0 Å². The lowest BCUT2D eigenvalue weighted by molar-refractivity contribution is -0.00242. The molecule has 1 aromatic rings. The van der Waals surface area contributed by atoms with Gasteiger partial charge in [-0.2, -0.15) is 4.99 Å². The molecule has 0 radical (unpaired) electrons. The zero-order valence-corrected chi connectivity index (χ0v) is 10.2. The Kier molecular flexibility index (Phi) is 4.18. The van der Waals surface area contributed by atoms with E-state index in [-0.39, 0.29) is 5.97 Å². The Morgan fingerprint density at radius 3 is 2.41 bits per heavy atom. The average Bonchev–Trinajstić information content (AvgIpc) is 2.30. The van der Waals surface area contributed by atoms with E-state index in [2.05, 4.69) is 4.99 Å². The van der Waals surface area contributed by atoms with Crippen LogP contribution in [0.5, 0.6) is 0 Å². The van der Waals surface area contributed by atoms with Gasteiger partial charge in [-0.25, -0.2) is 9.59 Å². The molecule has 0 unspecified atom stereocenters. The molecule has 0 heterocycles. The Balaban J connectivity index is 2.80. The normalized spacial score (nSPS) is 10.5. The summed E-state index contributed by atoms with van der Waals surface area (Å²) in [5, 5.41) is 0. The van der Waals surface area contributed by atoms with Crippen molar-refractivity contribution in [1.29, 1.82) is 0 Å². The van der Waals surface area contributed by atoms with Crippen molar-refractivity contribution < 1.29 is 14.3 Å². The smallest absolute Gasteiger partial charge is 0.338 e. The summed E-state index contributed by atoms with van der Waals surface area (Å²) in [4.78, 5) is 25.2. The summed E-state index contributed by atoms with van der Waals surface area (Å²) < 4.78 is 5.33. The summed E-state index contributed by atoms with van der Waals surface area (Å²) in [6.07, 6.45) is 2.18. The van der Waals surface area contributed by atoms with Crippen LogP contribution < -0.4 is 0 Å². The zero-order valence-electron chi connectivity index (χ0n) is 10.2. The highest BCUT2D eigenvalue weighted by Gasteiger charge is 2.21. The van der Waals surface area contributed by atoms with Gasteiger partial charge in [0.25, 0.3) is 0 Å². The molecule has 0 amide bonds. The molecule has 1 rings (SSSR count). The van der Waals surface area contributed by atoms with Crippen molar-refractivity contribution in [1.82, 2.24) is 0 Å². The minimum absolute atomic E-state index is 0.376.